The van der Waals surface area contributed by atoms with Crippen molar-refractivity contribution >= 4 is 5.69 Å². The minimum atomic E-state index is 0.440. The fourth-order valence-corrected chi connectivity index (χ4v) is 1.89. The van der Waals surface area contributed by atoms with Gasteiger partial charge < -0.3 is 15.0 Å². The van der Waals surface area contributed by atoms with Crippen molar-refractivity contribution in [3.8, 4) is 28.6 Å². The van der Waals surface area contributed by atoms with Gasteiger partial charge in [0.15, 0.2) is 0 Å². The van der Waals surface area contributed by atoms with Crippen molar-refractivity contribution in [1.29, 1.82) is 0 Å². The molecule has 1 heterocycles. The number of hydrogen-bond acceptors (Lipinski definition) is 5. The lowest BCUT2D eigenvalue weighted by Crippen LogP contribution is -1.86. The Balaban J connectivity index is 1.97. The third kappa shape index (κ3) is 2.33. The van der Waals surface area contributed by atoms with Gasteiger partial charge in [-0.1, -0.05) is 23.4 Å². The predicted octanol–water partition coefficient (Wildman–Crippen LogP) is 2.99. The van der Waals surface area contributed by atoms with Crippen LogP contribution in [0.25, 0.3) is 22.8 Å². The normalized spacial score (nSPS) is 10.4. The lowest BCUT2D eigenvalue weighted by Gasteiger charge is -1.99. The SMILES string of the molecule is COc1cccc(-c2noc(-c3cccc(N)c3)n2)c1. The summed E-state index contributed by atoms with van der Waals surface area (Å²) in [5.74, 6) is 1.70. The molecule has 3 aromatic rings. The highest BCUT2D eigenvalue weighted by molar-refractivity contribution is 5.63. The van der Waals surface area contributed by atoms with Gasteiger partial charge in [0.25, 0.3) is 5.89 Å². The highest BCUT2D eigenvalue weighted by atomic mass is 16.5. The number of nitrogens with two attached hydrogens (primary N) is 1. The molecule has 2 N–H and O–H groups in total. The molecule has 5 nitrogen and oxygen atoms in total. The summed E-state index contributed by atoms with van der Waals surface area (Å²) in [6, 6.07) is 14.8. The molecule has 3 rings (SSSR count). The van der Waals surface area contributed by atoms with E-state index in [1.165, 1.54) is 0 Å². The van der Waals surface area contributed by atoms with E-state index in [2.05, 4.69) is 10.1 Å². The highest BCUT2D eigenvalue weighted by Crippen LogP contribution is 2.25. The van der Waals surface area contributed by atoms with Crippen LogP contribution in [0.2, 0.25) is 0 Å². The van der Waals surface area contributed by atoms with Crippen molar-refractivity contribution in [2.75, 3.05) is 12.8 Å². The maximum absolute atomic E-state index is 5.75. The first-order chi connectivity index (χ1) is 9.76. The molecule has 2 aromatic carbocycles. The summed E-state index contributed by atoms with van der Waals surface area (Å²) < 4.78 is 10.5. The molecule has 0 fully saturated rings. The van der Waals surface area contributed by atoms with Crippen LogP contribution in [0.1, 0.15) is 0 Å². The van der Waals surface area contributed by atoms with Crippen molar-refractivity contribution < 1.29 is 9.26 Å². The fraction of sp³-hybridized carbons (Fsp3) is 0.0667. The molecule has 0 radical (unpaired) electrons. The predicted molar refractivity (Wildman–Crippen MR) is 76.1 cm³/mol. The Hall–Kier alpha value is -2.82. The molecule has 100 valence electrons. The first kappa shape index (κ1) is 12.2. The Labute approximate surface area is 116 Å². The van der Waals surface area contributed by atoms with Gasteiger partial charge in [-0.3, -0.25) is 0 Å². The molecule has 0 spiro atoms. The Bertz CT molecular complexity index is 737. The fourth-order valence-electron chi connectivity index (χ4n) is 1.89. The lowest BCUT2D eigenvalue weighted by molar-refractivity contribution is 0.414. The van der Waals surface area contributed by atoms with Crippen molar-refractivity contribution in [3.05, 3.63) is 48.5 Å². The van der Waals surface area contributed by atoms with Gasteiger partial charge >= 0.3 is 0 Å². The van der Waals surface area contributed by atoms with Crippen molar-refractivity contribution in [1.82, 2.24) is 10.1 Å². The number of anilines is 1. The molecule has 5 heteroatoms. The average Bonchev–Trinajstić information content (AvgIpc) is 2.97. The van der Waals surface area contributed by atoms with Crippen LogP contribution >= 0.6 is 0 Å². The third-order valence-electron chi connectivity index (χ3n) is 2.89. The molecule has 20 heavy (non-hydrogen) atoms. The molecule has 0 aliphatic carbocycles. The Morgan fingerprint density at radius 1 is 1.05 bits per heavy atom. The van der Waals surface area contributed by atoms with E-state index in [9.17, 15) is 0 Å². The Morgan fingerprint density at radius 3 is 2.65 bits per heavy atom. The summed E-state index contributed by atoms with van der Waals surface area (Å²) in [7, 11) is 1.62. The molecule has 0 saturated heterocycles. The van der Waals surface area contributed by atoms with Crippen LogP contribution in [-0.4, -0.2) is 17.3 Å². The van der Waals surface area contributed by atoms with Gasteiger partial charge in [-0.15, -0.1) is 0 Å². The number of ether oxygens (including phenoxy) is 1. The standard InChI is InChI=1S/C15H13N3O2/c1-19-13-7-3-4-10(9-13)14-17-15(20-18-14)11-5-2-6-12(16)8-11/h2-9H,16H2,1H3. The Kier molecular flexibility index (Phi) is 3.09. The van der Waals surface area contributed by atoms with Crippen LogP contribution in [0.4, 0.5) is 5.69 Å². The third-order valence-corrected chi connectivity index (χ3v) is 2.89. The lowest BCUT2D eigenvalue weighted by atomic mass is 10.2. The molecule has 0 saturated carbocycles. The number of hydrogen-bond donors (Lipinski definition) is 1. The second kappa shape index (κ2) is 5.05. The van der Waals surface area contributed by atoms with Crippen LogP contribution in [0.5, 0.6) is 5.75 Å². The monoisotopic (exact) mass is 267 g/mol. The van der Waals surface area contributed by atoms with Gasteiger partial charge in [-0.2, -0.15) is 4.98 Å². The average molecular weight is 267 g/mol. The zero-order chi connectivity index (χ0) is 13.9. The van der Waals surface area contributed by atoms with E-state index in [1.807, 2.05) is 42.5 Å². The zero-order valence-corrected chi connectivity index (χ0v) is 10.9. The van der Waals surface area contributed by atoms with Crippen molar-refractivity contribution in [2.24, 2.45) is 0 Å². The summed E-state index contributed by atoms with van der Waals surface area (Å²) in [5.41, 5.74) is 8.04. The number of benzene rings is 2. The maximum atomic E-state index is 5.75. The summed E-state index contributed by atoms with van der Waals surface area (Å²) in [6.07, 6.45) is 0. The van der Waals surface area contributed by atoms with E-state index < -0.39 is 0 Å². The maximum Gasteiger partial charge on any atom is 0.258 e. The molecule has 0 aliphatic heterocycles. The van der Waals surface area contributed by atoms with Gasteiger partial charge in [0.2, 0.25) is 5.82 Å². The minimum absolute atomic E-state index is 0.440. The second-order valence-corrected chi connectivity index (χ2v) is 4.28. The van der Waals surface area contributed by atoms with Crippen LogP contribution in [0.3, 0.4) is 0 Å². The molecule has 0 unspecified atom stereocenters. The number of nitrogens with zero attached hydrogens (tertiary/aromatic N) is 2. The molecular formula is C15H13N3O2. The number of methoxy groups -OCH3 is 1. The molecule has 1 aromatic heterocycles. The first-order valence-electron chi connectivity index (χ1n) is 6.10. The summed E-state index contributed by atoms with van der Waals surface area (Å²) in [4.78, 5) is 4.38. The number of nitrogen functional groups attached to an aromatic ring is 1. The van der Waals surface area contributed by atoms with Crippen LogP contribution < -0.4 is 10.5 Å². The summed E-state index contributed by atoms with van der Waals surface area (Å²) in [5, 5.41) is 3.99. The quantitative estimate of drug-likeness (QED) is 0.738. The van der Waals surface area contributed by atoms with E-state index in [0.29, 0.717) is 17.4 Å². The van der Waals surface area contributed by atoms with Crippen LogP contribution in [0.15, 0.2) is 53.1 Å². The van der Waals surface area contributed by atoms with E-state index >= 15 is 0 Å². The highest BCUT2D eigenvalue weighted by Gasteiger charge is 2.11. The van der Waals surface area contributed by atoms with Gasteiger partial charge in [-0.25, -0.2) is 0 Å². The largest absolute Gasteiger partial charge is 0.497 e. The topological polar surface area (TPSA) is 74.2 Å². The summed E-state index contributed by atoms with van der Waals surface area (Å²) >= 11 is 0. The number of aromatic nitrogens is 2. The minimum Gasteiger partial charge on any atom is -0.497 e. The van der Waals surface area contributed by atoms with Gasteiger partial charge in [0, 0.05) is 16.8 Å². The molecule has 0 amide bonds. The first-order valence-corrected chi connectivity index (χ1v) is 6.10. The van der Waals surface area contributed by atoms with Gasteiger partial charge in [0.05, 0.1) is 7.11 Å². The molecular weight excluding hydrogens is 254 g/mol. The van der Waals surface area contributed by atoms with Crippen LogP contribution in [-0.2, 0) is 0 Å². The van der Waals surface area contributed by atoms with Gasteiger partial charge in [0.1, 0.15) is 5.75 Å². The second-order valence-electron chi connectivity index (χ2n) is 4.28. The van der Waals surface area contributed by atoms with Crippen LogP contribution in [0, 0.1) is 0 Å². The Morgan fingerprint density at radius 2 is 1.85 bits per heavy atom. The van der Waals surface area contributed by atoms with E-state index in [0.717, 1.165) is 16.9 Å². The molecule has 0 atom stereocenters. The molecule has 0 bridgehead atoms. The van der Waals surface area contributed by atoms with Crippen molar-refractivity contribution in [3.63, 3.8) is 0 Å². The number of rotatable bonds is 3. The zero-order valence-electron chi connectivity index (χ0n) is 10.9. The van der Waals surface area contributed by atoms with E-state index in [4.69, 9.17) is 15.0 Å². The molecule has 0 aliphatic rings. The van der Waals surface area contributed by atoms with E-state index in [-0.39, 0.29) is 0 Å². The smallest absolute Gasteiger partial charge is 0.258 e. The summed E-state index contributed by atoms with van der Waals surface area (Å²) in [6.45, 7) is 0. The van der Waals surface area contributed by atoms with Crippen molar-refractivity contribution in [2.45, 2.75) is 0 Å². The van der Waals surface area contributed by atoms with E-state index in [1.54, 1.807) is 13.2 Å². The van der Waals surface area contributed by atoms with Gasteiger partial charge in [-0.05, 0) is 30.3 Å².